The number of ether oxygens (including phenoxy) is 1. The smallest absolute Gasteiger partial charge is 0.333 e. The molecule has 0 heterocycles. The Kier molecular flexibility index (Phi) is 4.48. The molecule has 1 aromatic rings. The Bertz CT molecular complexity index is 457. The number of rotatable bonds is 3. The maximum Gasteiger partial charge on any atom is 0.333 e. The summed E-state index contributed by atoms with van der Waals surface area (Å²) < 4.78 is 4.75. The number of aryl methyl sites for hydroxylation is 3. The second-order valence-electron chi connectivity index (χ2n) is 4.47. The first-order chi connectivity index (χ1) is 8.36. The lowest BCUT2D eigenvalue weighted by molar-refractivity contribution is -0.145. The first-order valence-corrected chi connectivity index (χ1v) is 5.79. The predicted octanol–water partition coefficient (Wildman–Crippen LogP) is 1.96. The molecule has 0 saturated carbocycles. The zero-order valence-electron chi connectivity index (χ0n) is 11.5. The van der Waals surface area contributed by atoms with E-state index in [1.165, 1.54) is 14.0 Å². The topological polar surface area (TPSA) is 55.4 Å². The van der Waals surface area contributed by atoms with Crippen molar-refractivity contribution >= 4 is 11.9 Å². The van der Waals surface area contributed by atoms with Crippen LogP contribution >= 0.6 is 0 Å². The molecule has 0 aliphatic rings. The molecule has 18 heavy (non-hydrogen) atoms. The zero-order valence-corrected chi connectivity index (χ0v) is 11.5. The van der Waals surface area contributed by atoms with E-state index in [0.29, 0.717) is 0 Å². The fraction of sp³-hybridized carbons (Fsp3) is 0.429. The van der Waals surface area contributed by atoms with Gasteiger partial charge in [-0.3, -0.25) is 4.79 Å². The Labute approximate surface area is 107 Å². The van der Waals surface area contributed by atoms with E-state index in [0.717, 1.165) is 22.3 Å². The molecule has 0 spiro atoms. The van der Waals surface area contributed by atoms with Gasteiger partial charge in [-0.15, -0.1) is 0 Å². The van der Waals surface area contributed by atoms with Gasteiger partial charge in [0.15, 0.2) is 6.04 Å². The maximum atomic E-state index is 11.8. The molecule has 0 fully saturated rings. The van der Waals surface area contributed by atoms with Crippen LogP contribution in [-0.4, -0.2) is 19.0 Å². The Morgan fingerprint density at radius 3 is 2.06 bits per heavy atom. The van der Waals surface area contributed by atoms with Crippen molar-refractivity contribution in [3.8, 4) is 0 Å². The molecular weight excluding hydrogens is 230 g/mol. The maximum absolute atomic E-state index is 11.8. The lowest BCUT2D eigenvalue weighted by Gasteiger charge is -2.20. The van der Waals surface area contributed by atoms with Crippen molar-refractivity contribution in [1.82, 2.24) is 5.32 Å². The number of carbonyl (C=O) groups excluding carboxylic acids is 2. The van der Waals surface area contributed by atoms with Crippen LogP contribution in [0.3, 0.4) is 0 Å². The van der Waals surface area contributed by atoms with E-state index in [1.54, 1.807) is 0 Å². The van der Waals surface area contributed by atoms with Crippen LogP contribution in [-0.2, 0) is 14.3 Å². The van der Waals surface area contributed by atoms with Crippen LogP contribution in [0.2, 0.25) is 0 Å². The third-order valence-corrected chi connectivity index (χ3v) is 2.81. The van der Waals surface area contributed by atoms with Gasteiger partial charge in [0.25, 0.3) is 0 Å². The number of methoxy groups -OCH3 is 1. The average Bonchev–Trinajstić information content (AvgIpc) is 2.24. The summed E-state index contributed by atoms with van der Waals surface area (Å²) in [7, 11) is 1.32. The minimum Gasteiger partial charge on any atom is -0.467 e. The van der Waals surface area contributed by atoms with Gasteiger partial charge in [-0.25, -0.2) is 4.79 Å². The Morgan fingerprint density at radius 1 is 1.17 bits per heavy atom. The second-order valence-corrected chi connectivity index (χ2v) is 4.47. The molecule has 0 radical (unpaired) electrons. The molecule has 0 bridgehead atoms. The van der Waals surface area contributed by atoms with Gasteiger partial charge in [0.1, 0.15) is 0 Å². The monoisotopic (exact) mass is 249 g/mol. The van der Waals surface area contributed by atoms with Gasteiger partial charge in [-0.1, -0.05) is 17.7 Å². The van der Waals surface area contributed by atoms with E-state index in [4.69, 9.17) is 4.74 Å². The van der Waals surface area contributed by atoms with Crippen LogP contribution in [0.1, 0.15) is 35.2 Å². The fourth-order valence-electron chi connectivity index (χ4n) is 2.22. The number of carbonyl (C=O) groups is 2. The summed E-state index contributed by atoms with van der Waals surface area (Å²) in [5.74, 6) is -0.718. The molecule has 1 unspecified atom stereocenters. The van der Waals surface area contributed by atoms with Crippen molar-refractivity contribution in [2.45, 2.75) is 33.7 Å². The van der Waals surface area contributed by atoms with Gasteiger partial charge in [0, 0.05) is 6.92 Å². The summed E-state index contributed by atoms with van der Waals surface area (Å²) in [6.45, 7) is 7.23. The Morgan fingerprint density at radius 2 is 1.67 bits per heavy atom. The van der Waals surface area contributed by atoms with E-state index in [2.05, 4.69) is 5.32 Å². The lowest BCUT2D eigenvalue weighted by Crippen LogP contribution is -2.34. The summed E-state index contributed by atoms with van der Waals surface area (Å²) in [4.78, 5) is 23.0. The molecule has 1 atom stereocenters. The lowest BCUT2D eigenvalue weighted by atomic mass is 9.94. The molecule has 0 aliphatic carbocycles. The summed E-state index contributed by atoms with van der Waals surface area (Å²) in [6.07, 6.45) is 0. The Balaban J connectivity index is 3.28. The molecule has 1 N–H and O–H groups in total. The third-order valence-electron chi connectivity index (χ3n) is 2.81. The van der Waals surface area contributed by atoms with Crippen LogP contribution in [0.15, 0.2) is 12.1 Å². The standard InChI is InChI=1S/C14H19NO3/c1-8-6-9(2)12(10(3)7-8)13(14(17)18-5)15-11(4)16/h6-7,13H,1-5H3,(H,15,16). The Hall–Kier alpha value is -1.84. The predicted molar refractivity (Wildman–Crippen MR) is 69.2 cm³/mol. The highest BCUT2D eigenvalue weighted by molar-refractivity contribution is 5.85. The van der Waals surface area contributed by atoms with E-state index in [9.17, 15) is 9.59 Å². The highest BCUT2D eigenvalue weighted by Gasteiger charge is 2.25. The van der Waals surface area contributed by atoms with Gasteiger partial charge in [-0.2, -0.15) is 0 Å². The largest absolute Gasteiger partial charge is 0.467 e. The van der Waals surface area contributed by atoms with Gasteiger partial charge in [-0.05, 0) is 37.5 Å². The molecule has 4 nitrogen and oxygen atoms in total. The van der Waals surface area contributed by atoms with E-state index in [1.807, 2.05) is 32.9 Å². The van der Waals surface area contributed by atoms with Crippen molar-refractivity contribution < 1.29 is 14.3 Å². The minimum absolute atomic E-state index is 0.259. The van der Waals surface area contributed by atoms with Crippen molar-refractivity contribution in [3.05, 3.63) is 34.4 Å². The molecule has 0 aliphatic heterocycles. The molecule has 4 heteroatoms. The van der Waals surface area contributed by atoms with E-state index >= 15 is 0 Å². The van der Waals surface area contributed by atoms with Crippen molar-refractivity contribution in [1.29, 1.82) is 0 Å². The van der Waals surface area contributed by atoms with Crippen LogP contribution in [0, 0.1) is 20.8 Å². The van der Waals surface area contributed by atoms with Crippen LogP contribution in [0.4, 0.5) is 0 Å². The molecule has 0 aromatic heterocycles. The summed E-state index contributed by atoms with van der Waals surface area (Å²) >= 11 is 0. The number of benzene rings is 1. The molecular formula is C14H19NO3. The zero-order chi connectivity index (χ0) is 13.9. The van der Waals surface area contributed by atoms with Gasteiger partial charge >= 0.3 is 5.97 Å². The van der Waals surface area contributed by atoms with Crippen LogP contribution < -0.4 is 5.32 Å². The normalized spacial score (nSPS) is 11.8. The minimum atomic E-state index is -0.743. The van der Waals surface area contributed by atoms with Crippen molar-refractivity contribution in [2.75, 3.05) is 7.11 Å². The number of nitrogens with one attached hydrogen (secondary N) is 1. The first kappa shape index (κ1) is 14.2. The van der Waals surface area contributed by atoms with Crippen LogP contribution in [0.5, 0.6) is 0 Å². The van der Waals surface area contributed by atoms with Crippen LogP contribution in [0.25, 0.3) is 0 Å². The number of amides is 1. The quantitative estimate of drug-likeness (QED) is 0.833. The van der Waals surface area contributed by atoms with Gasteiger partial charge < -0.3 is 10.1 Å². The highest BCUT2D eigenvalue weighted by Crippen LogP contribution is 2.24. The highest BCUT2D eigenvalue weighted by atomic mass is 16.5. The first-order valence-electron chi connectivity index (χ1n) is 5.79. The van der Waals surface area contributed by atoms with E-state index < -0.39 is 12.0 Å². The molecule has 1 aromatic carbocycles. The van der Waals surface area contributed by atoms with Crippen molar-refractivity contribution in [3.63, 3.8) is 0 Å². The second kappa shape index (κ2) is 5.67. The van der Waals surface area contributed by atoms with Gasteiger partial charge in [0.2, 0.25) is 5.91 Å². The third kappa shape index (κ3) is 3.09. The fourth-order valence-corrected chi connectivity index (χ4v) is 2.22. The summed E-state index contributed by atoms with van der Waals surface area (Å²) in [6, 6.07) is 3.23. The summed E-state index contributed by atoms with van der Waals surface area (Å²) in [5, 5.41) is 2.63. The molecule has 98 valence electrons. The summed E-state index contributed by atoms with van der Waals surface area (Å²) in [5.41, 5.74) is 3.87. The number of hydrogen-bond donors (Lipinski definition) is 1. The molecule has 1 amide bonds. The molecule has 1 rings (SSSR count). The number of hydrogen-bond acceptors (Lipinski definition) is 3. The van der Waals surface area contributed by atoms with Crippen molar-refractivity contribution in [2.24, 2.45) is 0 Å². The average molecular weight is 249 g/mol. The van der Waals surface area contributed by atoms with Gasteiger partial charge in [0.05, 0.1) is 7.11 Å². The SMILES string of the molecule is COC(=O)C(NC(C)=O)c1c(C)cc(C)cc1C. The van der Waals surface area contributed by atoms with E-state index in [-0.39, 0.29) is 5.91 Å². The number of esters is 1. The molecule has 0 saturated heterocycles.